The van der Waals surface area contributed by atoms with E-state index in [-0.39, 0.29) is 12.2 Å². The molecule has 0 fully saturated rings. The van der Waals surface area contributed by atoms with Crippen molar-refractivity contribution in [3.05, 3.63) is 15.0 Å². The second-order valence-corrected chi connectivity index (χ2v) is 4.42. The van der Waals surface area contributed by atoms with E-state index in [0.29, 0.717) is 10.8 Å². The molecule has 0 saturated carbocycles. The topological polar surface area (TPSA) is 85.1 Å². The molecule has 15 heavy (non-hydrogen) atoms. The van der Waals surface area contributed by atoms with E-state index >= 15 is 0 Å². The summed E-state index contributed by atoms with van der Waals surface area (Å²) in [6, 6.07) is 0. The lowest BCUT2D eigenvalue weighted by molar-refractivity contribution is -0.117. The fourth-order valence-electron chi connectivity index (χ4n) is 0.886. The lowest BCUT2D eigenvalue weighted by Crippen LogP contribution is -2.33. The van der Waals surface area contributed by atoms with E-state index in [9.17, 15) is 9.59 Å². The summed E-state index contributed by atoms with van der Waals surface area (Å²) in [5, 5.41) is 3.10. The molecule has 1 aromatic rings. The summed E-state index contributed by atoms with van der Waals surface area (Å²) in [7, 11) is 0. The number of hydrogen-bond acceptors (Lipinski definition) is 4. The molecule has 1 heterocycles. The molecule has 0 aromatic carbocycles. The SMILES string of the molecule is CCc1nc(C(=O)NCC(N)=O)c(Cl)s1. The Balaban J connectivity index is 2.72. The molecule has 0 aliphatic heterocycles. The van der Waals surface area contributed by atoms with Crippen molar-refractivity contribution >= 4 is 34.8 Å². The molecule has 0 unspecified atom stereocenters. The van der Waals surface area contributed by atoms with Crippen molar-refractivity contribution in [2.45, 2.75) is 13.3 Å². The summed E-state index contributed by atoms with van der Waals surface area (Å²) in [4.78, 5) is 25.9. The number of primary amides is 1. The highest BCUT2D eigenvalue weighted by Crippen LogP contribution is 2.24. The van der Waals surface area contributed by atoms with Crippen LogP contribution >= 0.6 is 22.9 Å². The van der Waals surface area contributed by atoms with Crippen LogP contribution < -0.4 is 11.1 Å². The maximum absolute atomic E-state index is 11.4. The Hall–Kier alpha value is -1.14. The van der Waals surface area contributed by atoms with Crippen molar-refractivity contribution in [1.82, 2.24) is 10.3 Å². The number of aromatic nitrogens is 1. The highest BCUT2D eigenvalue weighted by atomic mass is 35.5. The first-order valence-corrected chi connectivity index (χ1v) is 5.45. The predicted octanol–water partition coefficient (Wildman–Crippen LogP) is 0.574. The Morgan fingerprint density at radius 2 is 2.27 bits per heavy atom. The third kappa shape index (κ3) is 3.17. The number of amides is 2. The monoisotopic (exact) mass is 247 g/mol. The van der Waals surface area contributed by atoms with Crippen LogP contribution in [0.15, 0.2) is 0 Å². The van der Waals surface area contributed by atoms with Gasteiger partial charge in [-0.05, 0) is 6.42 Å². The lowest BCUT2D eigenvalue weighted by Gasteiger charge is -1.99. The van der Waals surface area contributed by atoms with Gasteiger partial charge in [0.2, 0.25) is 5.91 Å². The van der Waals surface area contributed by atoms with Gasteiger partial charge < -0.3 is 11.1 Å². The van der Waals surface area contributed by atoms with Crippen LogP contribution in [-0.4, -0.2) is 23.3 Å². The molecule has 2 amide bonds. The van der Waals surface area contributed by atoms with E-state index in [1.165, 1.54) is 11.3 Å². The summed E-state index contributed by atoms with van der Waals surface area (Å²) in [5.41, 5.74) is 5.04. The van der Waals surface area contributed by atoms with Gasteiger partial charge in [-0.3, -0.25) is 9.59 Å². The van der Waals surface area contributed by atoms with E-state index < -0.39 is 11.8 Å². The maximum atomic E-state index is 11.4. The number of nitrogens with one attached hydrogen (secondary N) is 1. The molecule has 0 spiro atoms. The van der Waals surface area contributed by atoms with Gasteiger partial charge in [0.15, 0.2) is 5.69 Å². The number of hydrogen-bond donors (Lipinski definition) is 2. The van der Waals surface area contributed by atoms with E-state index in [0.717, 1.165) is 5.01 Å². The second-order valence-electron chi connectivity index (χ2n) is 2.73. The molecule has 1 aromatic heterocycles. The number of carbonyl (C=O) groups is 2. The maximum Gasteiger partial charge on any atom is 0.272 e. The number of aryl methyl sites for hydroxylation is 1. The molecule has 0 radical (unpaired) electrons. The predicted molar refractivity (Wildman–Crippen MR) is 58.0 cm³/mol. The van der Waals surface area contributed by atoms with Crippen LogP contribution in [0.4, 0.5) is 0 Å². The van der Waals surface area contributed by atoms with E-state index in [1.807, 2.05) is 6.92 Å². The van der Waals surface area contributed by atoms with E-state index in [1.54, 1.807) is 0 Å². The van der Waals surface area contributed by atoms with Gasteiger partial charge in [-0.2, -0.15) is 0 Å². The number of nitrogens with zero attached hydrogens (tertiary/aromatic N) is 1. The molecular weight excluding hydrogens is 238 g/mol. The normalized spacial score (nSPS) is 10.0. The van der Waals surface area contributed by atoms with Crippen LogP contribution in [0.1, 0.15) is 22.4 Å². The zero-order valence-electron chi connectivity index (χ0n) is 8.04. The van der Waals surface area contributed by atoms with Crippen molar-refractivity contribution in [1.29, 1.82) is 0 Å². The summed E-state index contributed by atoms with van der Waals surface area (Å²) < 4.78 is 0.328. The van der Waals surface area contributed by atoms with Crippen molar-refractivity contribution in [2.24, 2.45) is 5.73 Å². The van der Waals surface area contributed by atoms with Crippen LogP contribution in [0.2, 0.25) is 4.34 Å². The number of carbonyl (C=O) groups excluding carboxylic acids is 2. The molecule has 82 valence electrons. The van der Waals surface area contributed by atoms with Crippen LogP contribution in [0.25, 0.3) is 0 Å². The first-order chi connectivity index (χ1) is 7.04. The third-order valence-electron chi connectivity index (χ3n) is 1.57. The van der Waals surface area contributed by atoms with Crippen molar-refractivity contribution in [3.8, 4) is 0 Å². The molecule has 0 aliphatic carbocycles. The number of halogens is 1. The van der Waals surface area contributed by atoms with Gasteiger partial charge in [0.1, 0.15) is 4.34 Å². The Morgan fingerprint density at radius 1 is 1.60 bits per heavy atom. The van der Waals surface area contributed by atoms with Gasteiger partial charge >= 0.3 is 0 Å². The lowest BCUT2D eigenvalue weighted by atomic mass is 10.4. The highest BCUT2D eigenvalue weighted by Gasteiger charge is 2.16. The van der Waals surface area contributed by atoms with Gasteiger partial charge in [0, 0.05) is 0 Å². The minimum absolute atomic E-state index is 0.153. The first kappa shape index (κ1) is 11.9. The Bertz CT molecular complexity index is 391. The van der Waals surface area contributed by atoms with Gasteiger partial charge in [-0.1, -0.05) is 18.5 Å². The number of rotatable bonds is 4. The van der Waals surface area contributed by atoms with Crippen LogP contribution in [0, 0.1) is 0 Å². The zero-order chi connectivity index (χ0) is 11.4. The smallest absolute Gasteiger partial charge is 0.272 e. The van der Waals surface area contributed by atoms with E-state index in [4.69, 9.17) is 17.3 Å². The molecule has 0 saturated heterocycles. The second kappa shape index (κ2) is 5.09. The molecule has 5 nitrogen and oxygen atoms in total. The standard InChI is InChI=1S/C8H10ClN3O2S/c1-2-5-12-6(7(9)15-5)8(14)11-3-4(10)13/h2-3H2,1H3,(H2,10,13)(H,11,14). The van der Waals surface area contributed by atoms with E-state index in [2.05, 4.69) is 10.3 Å². The van der Waals surface area contributed by atoms with Gasteiger partial charge in [-0.25, -0.2) is 4.98 Å². The highest BCUT2D eigenvalue weighted by molar-refractivity contribution is 7.16. The summed E-state index contributed by atoms with van der Waals surface area (Å²) >= 11 is 7.07. The molecule has 1 rings (SSSR count). The van der Waals surface area contributed by atoms with Crippen molar-refractivity contribution in [3.63, 3.8) is 0 Å². The summed E-state index contributed by atoms with van der Waals surface area (Å²) in [5.74, 6) is -1.08. The number of nitrogens with two attached hydrogens (primary N) is 1. The van der Waals surface area contributed by atoms with Crippen molar-refractivity contribution < 1.29 is 9.59 Å². The quantitative estimate of drug-likeness (QED) is 0.816. The average molecular weight is 248 g/mol. The van der Waals surface area contributed by atoms with Gasteiger partial charge in [-0.15, -0.1) is 11.3 Å². The number of thiazole rings is 1. The molecule has 3 N–H and O–H groups in total. The van der Waals surface area contributed by atoms with Crippen LogP contribution in [-0.2, 0) is 11.2 Å². The first-order valence-electron chi connectivity index (χ1n) is 4.26. The Morgan fingerprint density at radius 3 is 2.73 bits per heavy atom. The molecule has 0 aliphatic rings. The average Bonchev–Trinajstić information content (AvgIpc) is 2.56. The summed E-state index contributed by atoms with van der Waals surface area (Å²) in [6.07, 6.45) is 0.716. The molecule has 7 heteroatoms. The zero-order valence-corrected chi connectivity index (χ0v) is 9.61. The van der Waals surface area contributed by atoms with Gasteiger partial charge in [0.25, 0.3) is 5.91 Å². The Kier molecular flexibility index (Phi) is 4.05. The minimum atomic E-state index is -0.606. The van der Waals surface area contributed by atoms with Crippen LogP contribution in [0.3, 0.4) is 0 Å². The molecular formula is C8H10ClN3O2S. The molecule has 0 bridgehead atoms. The third-order valence-corrected chi connectivity index (χ3v) is 2.97. The molecule has 0 atom stereocenters. The van der Waals surface area contributed by atoms with Crippen LogP contribution in [0.5, 0.6) is 0 Å². The van der Waals surface area contributed by atoms with Crippen molar-refractivity contribution in [2.75, 3.05) is 6.54 Å². The Labute approximate surface area is 95.6 Å². The van der Waals surface area contributed by atoms with Gasteiger partial charge in [0.05, 0.1) is 11.6 Å². The fraction of sp³-hybridized carbons (Fsp3) is 0.375. The minimum Gasteiger partial charge on any atom is -0.368 e. The largest absolute Gasteiger partial charge is 0.368 e. The fourth-order valence-corrected chi connectivity index (χ4v) is 2.00. The summed E-state index contributed by atoms with van der Waals surface area (Å²) in [6.45, 7) is 1.70.